The first-order chi connectivity index (χ1) is 5.79. The van der Waals surface area contributed by atoms with Gasteiger partial charge in [-0.3, -0.25) is 4.84 Å². The fraction of sp³-hybridized carbons (Fsp3) is 0.875. The van der Waals surface area contributed by atoms with E-state index in [1.165, 1.54) is 0 Å². The van der Waals surface area contributed by atoms with Crippen molar-refractivity contribution in [3.05, 3.63) is 0 Å². The largest absolute Gasteiger partial charge is 0.323 e. The van der Waals surface area contributed by atoms with Gasteiger partial charge in [0.05, 0.1) is 19.2 Å². The van der Waals surface area contributed by atoms with Crippen molar-refractivity contribution in [1.82, 2.24) is 10.4 Å². The van der Waals surface area contributed by atoms with Crippen LogP contribution in [0.5, 0.6) is 0 Å². The van der Waals surface area contributed by atoms with Crippen LogP contribution in [-0.4, -0.2) is 38.4 Å². The molecule has 1 heterocycles. The normalized spacial score (nSPS) is 25.2. The van der Waals surface area contributed by atoms with E-state index in [0.29, 0.717) is 0 Å². The molecule has 0 aromatic rings. The summed E-state index contributed by atoms with van der Waals surface area (Å²) in [6, 6.07) is 2.14. The Bertz CT molecular complexity index is 144. The molecule has 0 bridgehead atoms. The zero-order chi connectivity index (χ0) is 9.40. The van der Waals surface area contributed by atoms with Gasteiger partial charge in [0.25, 0.3) is 0 Å². The number of hydrogen-bond acceptors (Lipinski definition) is 4. The molecule has 0 saturated carbocycles. The minimum absolute atomic E-state index is 0.0385. The first-order valence-corrected chi connectivity index (χ1v) is 4.17. The maximum atomic E-state index is 8.30. The van der Waals surface area contributed by atoms with Crippen molar-refractivity contribution in [2.24, 2.45) is 0 Å². The number of hydrogen-bond donors (Lipinski definition) is 1. The van der Waals surface area contributed by atoms with Crippen molar-refractivity contribution in [1.29, 1.82) is 5.26 Å². The number of hydroxylamine groups is 2. The first-order valence-electron chi connectivity index (χ1n) is 4.17. The molecule has 70 valence electrons. The minimum atomic E-state index is 0.0385. The molecule has 0 aliphatic carbocycles. The van der Waals surface area contributed by atoms with Gasteiger partial charge in [0.2, 0.25) is 0 Å². The molecule has 0 aromatic carbocycles. The Kier molecular flexibility index (Phi) is 6.67. The standard InChI is InChI=1S/C6H10N2O.C2H7N/c1-2-3-9-8-5-6(8)4-7;1-3-2/h6H,2-3,5H2,1H3;3H,1-2H3. The second-order valence-corrected chi connectivity index (χ2v) is 2.58. The molecule has 0 radical (unpaired) electrons. The topological polar surface area (TPSA) is 48.1 Å². The van der Waals surface area contributed by atoms with Gasteiger partial charge in [-0.2, -0.15) is 10.3 Å². The van der Waals surface area contributed by atoms with Crippen LogP contribution in [0.15, 0.2) is 0 Å². The third-order valence-electron chi connectivity index (χ3n) is 1.18. The number of nitriles is 1. The molecule has 0 amide bonds. The van der Waals surface area contributed by atoms with Gasteiger partial charge in [0.15, 0.2) is 0 Å². The Morgan fingerprint density at radius 3 is 2.58 bits per heavy atom. The number of rotatable bonds is 3. The quantitative estimate of drug-likeness (QED) is 0.623. The lowest BCUT2D eigenvalue weighted by Crippen LogP contribution is -2.02. The summed E-state index contributed by atoms with van der Waals surface area (Å²) in [5, 5.41) is 12.8. The summed E-state index contributed by atoms with van der Waals surface area (Å²) in [7, 11) is 3.75. The zero-order valence-electron chi connectivity index (χ0n) is 8.00. The lowest BCUT2D eigenvalue weighted by atomic mass is 10.5. The van der Waals surface area contributed by atoms with Crippen molar-refractivity contribution in [2.45, 2.75) is 19.4 Å². The lowest BCUT2D eigenvalue weighted by Gasteiger charge is -1.97. The van der Waals surface area contributed by atoms with E-state index in [2.05, 4.69) is 11.4 Å². The molecule has 12 heavy (non-hydrogen) atoms. The van der Waals surface area contributed by atoms with Crippen LogP contribution in [0.2, 0.25) is 0 Å². The van der Waals surface area contributed by atoms with Crippen LogP contribution in [0.4, 0.5) is 0 Å². The van der Waals surface area contributed by atoms with Crippen LogP contribution < -0.4 is 5.32 Å². The van der Waals surface area contributed by atoms with Gasteiger partial charge in [-0.05, 0) is 20.5 Å². The van der Waals surface area contributed by atoms with E-state index in [-0.39, 0.29) is 6.04 Å². The molecule has 1 saturated heterocycles. The Morgan fingerprint density at radius 2 is 2.25 bits per heavy atom. The van der Waals surface area contributed by atoms with E-state index in [1.54, 1.807) is 5.06 Å². The second kappa shape index (κ2) is 7.04. The van der Waals surface area contributed by atoms with Crippen molar-refractivity contribution < 1.29 is 4.84 Å². The van der Waals surface area contributed by atoms with Crippen molar-refractivity contribution in [2.75, 3.05) is 27.2 Å². The molecule has 1 rings (SSSR count). The predicted octanol–water partition coefficient (Wildman–Crippen LogP) is 0.371. The maximum Gasteiger partial charge on any atom is 0.137 e. The summed E-state index contributed by atoms with van der Waals surface area (Å²) >= 11 is 0. The van der Waals surface area contributed by atoms with Gasteiger partial charge < -0.3 is 5.32 Å². The van der Waals surface area contributed by atoms with Gasteiger partial charge in [0.1, 0.15) is 6.04 Å². The van der Waals surface area contributed by atoms with Crippen LogP contribution in [0.1, 0.15) is 13.3 Å². The van der Waals surface area contributed by atoms with Gasteiger partial charge >= 0.3 is 0 Å². The summed E-state index contributed by atoms with van der Waals surface area (Å²) in [5.41, 5.74) is 0. The van der Waals surface area contributed by atoms with E-state index >= 15 is 0 Å². The molecule has 2 atom stereocenters. The molecule has 1 fully saturated rings. The highest BCUT2D eigenvalue weighted by atomic mass is 16.7. The van der Waals surface area contributed by atoms with E-state index < -0.39 is 0 Å². The highest BCUT2D eigenvalue weighted by Gasteiger charge is 2.35. The van der Waals surface area contributed by atoms with Gasteiger partial charge in [-0.25, -0.2) is 0 Å². The average Bonchev–Trinajstić information content (AvgIpc) is 2.81. The molecule has 1 aliphatic heterocycles. The Balaban J connectivity index is 0.000000354. The third-order valence-corrected chi connectivity index (χ3v) is 1.18. The van der Waals surface area contributed by atoms with Crippen LogP contribution in [0.25, 0.3) is 0 Å². The smallest absolute Gasteiger partial charge is 0.137 e. The van der Waals surface area contributed by atoms with Crippen molar-refractivity contribution >= 4 is 0 Å². The maximum absolute atomic E-state index is 8.30. The summed E-state index contributed by atoms with van der Waals surface area (Å²) in [6.07, 6.45) is 1.01. The minimum Gasteiger partial charge on any atom is -0.323 e. The van der Waals surface area contributed by atoms with Crippen LogP contribution in [0, 0.1) is 11.3 Å². The van der Waals surface area contributed by atoms with E-state index in [0.717, 1.165) is 19.6 Å². The molecular weight excluding hydrogens is 154 g/mol. The fourth-order valence-electron chi connectivity index (χ4n) is 0.580. The fourth-order valence-corrected chi connectivity index (χ4v) is 0.580. The second-order valence-electron chi connectivity index (χ2n) is 2.58. The predicted molar refractivity (Wildman–Crippen MR) is 47.3 cm³/mol. The Morgan fingerprint density at radius 1 is 1.67 bits per heavy atom. The molecule has 4 heteroatoms. The molecule has 2 unspecified atom stereocenters. The van der Waals surface area contributed by atoms with Gasteiger partial charge in [0, 0.05) is 0 Å². The first kappa shape index (κ1) is 11.4. The van der Waals surface area contributed by atoms with Crippen LogP contribution in [-0.2, 0) is 4.84 Å². The summed E-state index contributed by atoms with van der Waals surface area (Å²) in [4.78, 5) is 5.12. The van der Waals surface area contributed by atoms with Gasteiger partial charge in [-0.15, -0.1) is 0 Å². The highest BCUT2D eigenvalue weighted by Crippen LogP contribution is 2.15. The summed E-state index contributed by atoms with van der Waals surface area (Å²) in [6.45, 7) is 3.57. The van der Waals surface area contributed by atoms with E-state index in [9.17, 15) is 0 Å². The van der Waals surface area contributed by atoms with E-state index in [4.69, 9.17) is 10.1 Å². The van der Waals surface area contributed by atoms with Crippen molar-refractivity contribution in [3.8, 4) is 6.07 Å². The molecule has 4 nitrogen and oxygen atoms in total. The monoisotopic (exact) mass is 171 g/mol. The molecule has 1 N–H and O–H groups in total. The van der Waals surface area contributed by atoms with E-state index in [1.807, 2.05) is 21.0 Å². The zero-order valence-corrected chi connectivity index (χ0v) is 8.00. The lowest BCUT2D eigenvalue weighted by molar-refractivity contribution is -0.0699. The molecule has 0 aromatic heterocycles. The van der Waals surface area contributed by atoms with Crippen LogP contribution >= 0.6 is 0 Å². The third kappa shape index (κ3) is 5.08. The Hall–Kier alpha value is -0.630. The SMILES string of the molecule is CCCON1CC1C#N.CNC. The van der Waals surface area contributed by atoms with Crippen molar-refractivity contribution in [3.63, 3.8) is 0 Å². The summed E-state index contributed by atoms with van der Waals surface area (Å²) in [5.74, 6) is 0. The van der Waals surface area contributed by atoms with Crippen LogP contribution in [0.3, 0.4) is 0 Å². The molecule has 1 aliphatic rings. The summed E-state index contributed by atoms with van der Waals surface area (Å²) < 4.78 is 0. The average molecular weight is 171 g/mol. The molecular formula is C8H17N3O. The Labute approximate surface area is 74.1 Å². The molecule has 0 spiro atoms. The van der Waals surface area contributed by atoms with Gasteiger partial charge in [-0.1, -0.05) is 6.92 Å². The number of nitrogens with zero attached hydrogens (tertiary/aromatic N) is 2. The number of nitrogens with one attached hydrogen (secondary N) is 1. The highest BCUT2D eigenvalue weighted by molar-refractivity contribution is 5.01.